The first-order valence-corrected chi connectivity index (χ1v) is 11.8. The van der Waals surface area contributed by atoms with Crippen LogP contribution in [-0.2, 0) is 9.59 Å². The van der Waals surface area contributed by atoms with Gasteiger partial charge in [-0.3, -0.25) is 19.8 Å². The molecule has 3 aromatic rings. The third-order valence-corrected chi connectivity index (χ3v) is 6.58. The molecule has 0 saturated carbocycles. The minimum atomic E-state index is -0.485. The molecule has 1 saturated heterocycles. The molecule has 0 aliphatic carbocycles. The van der Waals surface area contributed by atoms with Gasteiger partial charge in [0.2, 0.25) is 0 Å². The van der Waals surface area contributed by atoms with Crippen LogP contribution in [0, 0.1) is 27.7 Å². The molecule has 1 aliphatic rings. The van der Waals surface area contributed by atoms with Crippen molar-refractivity contribution in [2.75, 3.05) is 4.90 Å². The number of hydrogen-bond donors (Lipinski definition) is 1. The fourth-order valence-electron chi connectivity index (χ4n) is 4.32. The number of nitrogens with one attached hydrogen (secondary N) is 1. The Morgan fingerprint density at radius 1 is 0.941 bits per heavy atom. The van der Waals surface area contributed by atoms with Gasteiger partial charge in [-0.1, -0.05) is 38.1 Å². The van der Waals surface area contributed by atoms with Crippen molar-refractivity contribution in [1.82, 2.24) is 9.88 Å². The van der Waals surface area contributed by atoms with E-state index in [0.717, 1.165) is 33.8 Å². The van der Waals surface area contributed by atoms with Gasteiger partial charge in [-0.15, -0.1) is 0 Å². The van der Waals surface area contributed by atoms with Crippen molar-refractivity contribution in [3.05, 3.63) is 87.7 Å². The van der Waals surface area contributed by atoms with Crippen LogP contribution < -0.4 is 10.2 Å². The zero-order chi connectivity index (χ0) is 24.7. The topological polar surface area (TPSA) is 54.3 Å². The van der Waals surface area contributed by atoms with Gasteiger partial charge in [-0.25, -0.2) is 0 Å². The molecule has 2 heterocycles. The van der Waals surface area contributed by atoms with Crippen molar-refractivity contribution >= 4 is 40.9 Å². The van der Waals surface area contributed by atoms with Gasteiger partial charge in [0.05, 0.1) is 5.69 Å². The molecular formula is C28H29N3O2S. The van der Waals surface area contributed by atoms with E-state index < -0.39 is 11.8 Å². The third-order valence-electron chi connectivity index (χ3n) is 6.30. The Kier molecular flexibility index (Phi) is 6.28. The molecule has 0 spiro atoms. The first-order valence-electron chi connectivity index (χ1n) is 11.4. The summed E-state index contributed by atoms with van der Waals surface area (Å²) in [6.45, 7) is 12.4. The molecule has 0 atom stereocenters. The second kappa shape index (κ2) is 9.03. The largest absolute Gasteiger partial charge is 0.318 e. The molecule has 6 heteroatoms. The Morgan fingerprint density at radius 2 is 1.62 bits per heavy atom. The quantitative estimate of drug-likeness (QED) is 0.303. The molecule has 0 radical (unpaired) electrons. The predicted octanol–water partition coefficient (Wildman–Crippen LogP) is 5.67. The van der Waals surface area contributed by atoms with Gasteiger partial charge in [0, 0.05) is 17.1 Å². The summed E-state index contributed by atoms with van der Waals surface area (Å²) < 4.78 is 2.16. The SMILES string of the molecule is Cc1ccc(C)c(-n2c(C)cc(/C=C3\C(=O)NC(=S)N(c4ccc(C(C)C)cc4)C3=O)c2C)c1. The molecule has 1 fully saturated rings. The highest BCUT2D eigenvalue weighted by Gasteiger charge is 2.34. The molecule has 2 aromatic carbocycles. The van der Waals surface area contributed by atoms with Crippen LogP contribution in [0.5, 0.6) is 0 Å². The monoisotopic (exact) mass is 471 g/mol. The van der Waals surface area contributed by atoms with Crippen LogP contribution in [0.3, 0.4) is 0 Å². The van der Waals surface area contributed by atoms with Crippen LogP contribution in [0.15, 0.2) is 54.1 Å². The summed E-state index contributed by atoms with van der Waals surface area (Å²) in [7, 11) is 0. The molecule has 0 unspecified atom stereocenters. The highest BCUT2D eigenvalue weighted by Crippen LogP contribution is 2.28. The second-order valence-corrected chi connectivity index (χ2v) is 9.54. The Morgan fingerprint density at radius 3 is 2.26 bits per heavy atom. The number of rotatable bonds is 4. The van der Waals surface area contributed by atoms with Gasteiger partial charge in [0.25, 0.3) is 11.8 Å². The van der Waals surface area contributed by atoms with E-state index in [9.17, 15) is 9.59 Å². The second-order valence-electron chi connectivity index (χ2n) is 9.16. The predicted molar refractivity (Wildman–Crippen MR) is 141 cm³/mol. The highest BCUT2D eigenvalue weighted by atomic mass is 32.1. The van der Waals surface area contributed by atoms with Crippen molar-refractivity contribution in [3.8, 4) is 5.69 Å². The van der Waals surface area contributed by atoms with Gasteiger partial charge >= 0.3 is 0 Å². The Hall–Kier alpha value is -3.51. The van der Waals surface area contributed by atoms with Crippen LogP contribution in [0.25, 0.3) is 11.8 Å². The van der Waals surface area contributed by atoms with E-state index in [0.29, 0.717) is 11.6 Å². The average Bonchev–Trinajstić information content (AvgIpc) is 3.06. The Bertz CT molecular complexity index is 1350. The summed E-state index contributed by atoms with van der Waals surface area (Å²) in [6, 6.07) is 16.0. The summed E-state index contributed by atoms with van der Waals surface area (Å²) in [5.74, 6) is -0.537. The fraction of sp³-hybridized carbons (Fsp3) is 0.250. The molecule has 1 aliphatic heterocycles. The van der Waals surface area contributed by atoms with E-state index in [4.69, 9.17) is 12.2 Å². The number of anilines is 1. The van der Waals surface area contributed by atoms with Gasteiger partial charge in [0.1, 0.15) is 5.57 Å². The summed E-state index contributed by atoms with van der Waals surface area (Å²) >= 11 is 5.35. The van der Waals surface area contributed by atoms with E-state index in [1.54, 1.807) is 6.08 Å². The van der Waals surface area contributed by atoms with Crippen molar-refractivity contribution < 1.29 is 9.59 Å². The van der Waals surface area contributed by atoms with Gasteiger partial charge in [-0.05, 0) is 98.4 Å². The van der Waals surface area contributed by atoms with Crippen molar-refractivity contribution in [2.45, 2.75) is 47.5 Å². The zero-order valence-corrected chi connectivity index (χ0v) is 21.2. The maximum Gasteiger partial charge on any atom is 0.270 e. The molecule has 34 heavy (non-hydrogen) atoms. The molecule has 5 nitrogen and oxygen atoms in total. The summed E-state index contributed by atoms with van der Waals surface area (Å²) in [4.78, 5) is 27.6. The number of aromatic nitrogens is 1. The van der Waals surface area contributed by atoms with E-state index in [2.05, 4.69) is 55.8 Å². The molecule has 4 rings (SSSR count). The number of amides is 2. The van der Waals surface area contributed by atoms with E-state index in [1.165, 1.54) is 10.5 Å². The van der Waals surface area contributed by atoms with Crippen molar-refractivity contribution in [2.24, 2.45) is 0 Å². The highest BCUT2D eigenvalue weighted by molar-refractivity contribution is 7.80. The first kappa shape index (κ1) is 23.6. The number of nitrogens with zero attached hydrogens (tertiary/aromatic N) is 2. The first-order chi connectivity index (χ1) is 16.1. The lowest BCUT2D eigenvalue weighted by molar-refractivity contribution is -0.122. The van der Waals surface area contributed by atoms with E-state index in [-0.39, 0.29) is 10.7 Å². The number of benzene rings is 2. The number of hydrogen-bond acceptors (Lipinski definition) is 3. The maximum absolute atomic E-state index is 13.4. The van der Waals surface area contributed by atoms with Crippen LogP contribution in [0.2, 0.25) is 0 Å². The normalized spacial score (nSPS) is 15.4. The lowest BCUT2D eigenvalue weighted by Gasteiger charge is -2.29. The van der Waals surface area contributed by atoms with Gasteiger partial charge in [-0.2, -0.15) is 0 Å². The van der Waals surface area contributed by atoms with Crippen LogP contribution in [0.4, 0.5) is 5.69 Å². The fourth-order valence-corrected chi connectivity index (χ4v) is 4.60. The van der Waals surface area contributed by atoms with Crippen molar-refractivity contribution in [3.63, 3.8) is 0 Å². The van der Waals surface area contributed by atoms with Crippen molar-refractivity contribution in [1.29, 1.82) is 0 Å². The summed E-state index contributed by atoms with van der Waals surface area (Å²) in [6.07, 6.45) is 1.67. The number of carbonyl (C=O) groups excluding carboxylic acids is 2. The summed E-state index contributed by atoms with van der Waals surface area (Å²) in [5, 5.41) is 2.77. The number of thiocarbonyl (C=S) groups is 1. The smallest absolute Gasteiger partial charge is 0.270 e. The average molecular weight is 472 g/mol. The van der Waals surface area contributed by atoms with Crippen LogP contribution >= 0.6 is 12.2 Å². The van der Waals surface area contributed by atoms with Crippen LogP contribution in [-0.4, -0.2) is 21.5 Å². The molecule has 174 valence electrons. The Balaban J connectivity index is 1.75. The summed E-state index contributed by atoms with van der Waals surface area (Å²) in [5.41, 5.74) is 8.07. The minimum absolute atomic E-state index is 0.0581. The molecule has 1 aromatic heterocycles. The molecule has 0 bridgehead atoms. The lowest BCUT2D eigenvalue weighted by atomic mass is 10.0. The number of aryl methyl sites for hydroxylation is 3. The van der Waals surface area contributed by atoms with E-state index >= 15 is 0 Å². The van der Waals surface area contributed by atoms with Crippen LogP contribution in [0.1, 0.15) is 53.4 Å². The third kappa shape index (κ3) is 4.21. The lowest BCUT2D eigenvalue weighted by Crippen LogP contribution is -2.54. The van der Waals surface area contributed by atoms with Gasteiger partial charge < -0.3 is 4.57 Å². The zero-order valence-electron chi connectivity index (χ0n) is 20.4. The van der Waals surface area contributed by atoms with Gasteiger partial charge in [0.15, 0.2) is 5.11 Å². The standard InChI is InChI=1S/C28H29N3O2S/c1-16(2)21-9-11-23(12-10-21)31-27(33)24(26(32)29-28(31)34)15-22-14-19(5)30(20(22)6)25-13-17(3)7-8-18(25)4/h7-16H,1-6H3,(H,29,32,34)/b24-15+. The maximum atomic E-state index is 13.4. The molecular weight excluding hydrogens is 442 g/mol. The molecule has 2 amide bonds. The minimum Gasteiger partial charge on any atom is -0.318 e. The molecule has 1 N–H and O–H groups in total. The Labute approximate surface area is 206 Å². The number of carbonyl (C=O) groups is 2. The van der Waals surface area contributed by atoms with E-state index in [1.807, 2.05) is 44.2 Å².